The van der Waals surface area contributed by atoms with Gasteiger partial charge in [0, 0.05) is 12.0 Å². The summed E-state index contributed by atoms with van der Waals surface area (Å²) in [5, 5.41) is 9.03. The van der Waals surface area contributed by atoms with Gasteiger partial charge in [0.15, 0.2) is 11.5 Å². The summed E-state index contributed by atoms with van der Waals surface area (Å²) in [6, 6.07) is 21.1. The summed E-state index contributed by atoms with van der Waals surface area (Å²) in [5.74, 6) is -1.88. The molecule has 0 saturated carbocycles. The summed E-state index contributed by atoms with van der Waals surface area (Å²) in [6.07, 6.45) is -5.04. The normalized spacial score (nSPS) is 15.5. The number of halogens is 3. The van der Waals surface area contributed by atoms with Gasteiger partial charge in [-0.25, -0.2) is 0 Å². The van der Waals surface area contributed by atoms with Crippen LogP contribution in [0.1, 0.15) is 22.8 Å². The van der Waals surface area contributed by atoms with E-state index in [2.05, 4.69) is 0 Å². The largest absolute Gasteiger partial charge is 0.489 e. The van der Waals surface area contributed by atoms with Crippen LogP contribution in [0.5, 0.6) is 11.5 Å². The molecule has 3 aromatic carbocycles. The van der Waals surface area contributed by atoms with Crippen molar-refractivity contribution in [3.05, 3.63) is 100 Å². The van der Waals surface area contributed by atoms with E-state index in [1.54, 1.807) is 12.1 Å². The maximum Gasteiger partial charge on any atom is 0.429 e. The van der Waals surface area contributed by atoms with Crippen LogP contribution in [0, 0.1) is 0 Å². The van der Waals surface area contributed by atoms with E-state index in [0.717, 1.165) is 22.2 Å². The smallest absolute Gasteiger partial charge is 0.429 e. The summed E-state index contributed by atoms with van der Waals surface area (Å²) < 4.78 is 53.7. The van der Waals surface area contributed by atoms with Crippen LogP contribution < -0.4 is 9.47 Å². The molecular weight excluding hydrogens is 551 g/mol. The van der Waals surface area contributed by atoms with Gasteiger partial charge in [-0.05, 0) is 29.3 Å². The Bertz CT molecular complexity index is 1380. The van der Waals surface area contributed by atoms with Crippen LogP contribution >= 0.6 is 24.0 Å². The van der Waals surface area contributed by atoms with Crippen molar-refractivity contribution >= 4 is 46.3 Å². The first-order valence-electron chi connectivity index (χ1n) is 11.7. The average molecular weight is 574 g/mol. The predicted octanol–water partition coefficient (Wildman–Crippen LogP) is 6.28. The SMILES string of the molecule is O=C(O)CN1C(=O)C(=Cc2ccc(OCCc3ccccc3)c(O[C@H](c3ccccc3)C(F)(F)F)c2)SC1=S. The number of hydrogen-bond acceptors (Lipinski definition) is 6. The number of alkyl halides is 3. The maximum atomic E-state index is 14.1. The van der Waals surface area contributed by atoms with Crippen LogP contribution in [0.3, 0.4) is 0 Å². The monoisotopic (exact) mass is 573 g/mol. The second-order valence-electron chi connectivity index (χ2n) is 8.40. The number of aliphatic carboxylic acids is 1. The Kier molecular flexibility index (Phi) is 8.93. The molecule has 1 heterocycles. The first kappa shape index (κ1) is 28.2. The van der Waals surface area contributed by atoms with E-state index in [1.165, 1.54) is 42.5 Å². The lowest BCUT2D eigenvalue weighted by atomic mass is 10.1. The van der Waals surface area contributed by atoms with Gasteiger partial charge in [-0.2, -0.15) is 13.2 Å². The number of hydrogen-bond donors (Lipinski definition) is 1. The second-order valence-corrected chi connectivity index (χ2v) is 10.1. The molecule has 0 aliphatic carbocycles. The highest BCUT2D eigenvalue weighted by molar-refractivity contribution is 8.26. The third kappa shape index (κ3) is 7.39. The quantitative estimate of drug-likeness (QED) is 0.226. The Balaban J connectivity index is 1.65. The van der Waals surface area contributed by atoms with Crippen LogP contribution in [0.15, 0.2) is 83.8 Å². The first-order chi connectivity index (χ1) is 18.6. The number of rotatable bonds is 10. The van der Waals surface area contributed by atoms with Gasteiger partial charge < -0.3 is 14.6 Å². The van der Waals surface area contributed by atoms with E-state index in [1.807, 2.05) is 30.3 Å². The molecule has 3 aromatic rings. The van der Waals surface area contributed by atoms with Crippen molar-refractivity contribution in [3.63, 3.8) is 0 Å². The molecule has 0 unspecified atom stereocenters. The van der Waals surface area contributed by atoms with Gasteiger partial charge >= 0.3 is 12.1 Å². The molecule has 0 aromatic heterocycles. The van der Waals surface area contributed by atoms with Gasteiger partial charge in [0.2, 0.25) is 6.10 Å². The Morgan fingerprint density at radius 3 is 2.33 bits per heavy atom. The van der Waals surface area contributed by atoms with Crippen LogP contribution in [-0.4, -0.2) is 45.5 Å². The minimum Gasteiger partial charge on any atom is -0.489 e. The molecule has 6 nitrogen and oxygen atoms in total. The molecule has 1 aliphatic heterocycles. The molecule has 1 atom stereocenters. The number of benzene rings is 3. The molecule has 0 bridgehead atoms. The van der Waals surface area contributed by atoms with Crippen LogP contribution in [0.25, 0.3) is 6.08 Å². The van der Waals surface area contributed by atoms with Gasteiger partial charge in [-0.15, -0.1) is 0 Å². The summed E-state index contributed by atoms with van der Waals surface area (Å²) in [6.45, 7) is -0.398. The van der Waals surface area contributed by atoms with E-state index in [0.29, 0.717) is 12.0 Å². The number of amides is 1. The highest BCUT2D eigenvalue weighted by Gasteiger charge is 2.43. The number of thiocarbonyl (C=S) groups is 1. The van der Waals surface area contributed by atoms with E-state index < -0.39 is 30.7 Å². The highest BCUT2D eigenvalue weighted by Crippen LogP contribution is 2.41. The topological polar surface area (TPSA) is 76.1 Å². The van der Waals surface area contributed by atoms with Crippen molar-refractivity contribution in [3.8, 4) is 11.5 Å². The van der Waals surface area contributed by atoms with Gasteiger partial charge in [0.05, 0.1) is 11.5 Å². The molecule has 39 heavy (non-hydrogen) atoms. The molecule has 1 aliphatic rings. The van der Waals surface area contributed by atoms with Crippen molar-refractivity contribution in [2.45, 2.75) is 18.7 Å². The molecule has 1 fully saturated rings. The molecule has 1 N–H and O–H groups in total. The molecule has 202 valence electrons. The van der Waals surface area contributed by atoms with Crippen molar-refractivity contribution in [1.82, 2.24) is 4.90 Å². The predicted molar refractivity (Wildman–Crippen MR) is 145 cm³/mol. The molecule has 11 heteroatoms. The van der Waals surface area contributed by atoms with E-state index >= 15 is 0 Å². The molecule has 1 saturated heterocycles. The van der Waals surface area contributed by atoms with E-state index in [9.17, 15) is 22.8 Å². The first-order valence-corrected chi connectivity index (χ1v) is 12.9. The Morgan fingerprint density at radius 1 is 1.03 bits per heavy atom. The molecule has 4 rings (SSSR count). The fourth-order valence-electron chi connectivity index (χ4n) is 3.75. The zero-order valence-electron chi connectivity index (χ0n) is 20.3. The number of carboxylic acid groups (broad SMARTS) is 1. The fraction of sp³-hybridized carbons (Fsp3) is 0.179. The van der Waals surface area contributed by atoms with Crippen LogP contribution in [0.4, 0.5) is 13.2 Å². The van der Waals surface area contributed by atoms with Crippen LogP contribution in [0.2, 0.25) is 0 Å². The number of thioether (sulfide) groups is 1. The van der Waals surface area contributed by atoms with Crippen molar-refractivity contribution in [1.29, 1.82) is 0 Å². The Labute approximate surface area is 232 Å². The van der Waals surface area contributed by atoms with Gasteiger partial charge in [0.25, 0.3) is 5.91 Å². The Morgan fingerprint density at radius 2 is 1.69 bits per heavy atom. The van der Waals surface area contributed by atoms with E-state index in [-0.39, 0.29) is 32.9 Å². The zero-order chi connectivity index (χ0) is 28.0. The standard InChI is InChI=1S/C28H22F3NO5S2/c29-28(30,31)25(20-9-5-2-6-10-20)37-22-15-19(16-23-26(35)32(17-24(33)34)27(38)39-23)11-12-21(22)36-14-13-18-7-3-1-4-8-18/h1-12,15-16,25H,13-14,17H2,(H,33,34)/t25-/m1/s1. The third-order valence-electron chi connectivity index (χ3n) is 5.57. The fourth-order valence-corrected chi connectivity index (χ4v) is 5.01. The second kappa shape index (κ2) is 12.4. The minimum absolute atomic E-state index is 0.0761. The number of carbonyl (C=O) groups is 2. The zero-order valence-corrected chi connectivity index (χ0v) is 21.9. The lowest BCUT2D eigenvalue weighted by molar-refractivity contribution is -0.198. The lowest BCUT2D eigenvalue weighted by Crippen LogP contribution is -2.33. The summed E-state index contributed by atoms with van der Waals surface area (Å²) in [4.78, 5) is 24.8. The maximum absolute atomic E-state index is 14.1. The summed E-state index contributed by atoms with van der Waals surface area (Å²) >= 11 is 6.02. The molecule has 0 radical (unpaired) electrons. The molecule has 1 amide bonds. The Hall–Kier alpha value is -3.83. The summed E-state index contributed by atoms with van der Waals surface area (Å²) in [5.41, 5.74) is 1.27. The lowest BCUT2D eigenvalue weighted by Gasteiger charge is -2.24. The molecule has 0 spiro atoms. The van der Waals surface area contributed by atoms with Gasteiger partial charge in [-0.1, -0.05) is 90.7 Å². The number of carbonyl (C=O) groups excluding carboxylic acids is 1. The third-order valence-corrected chi connectivity index (χ3v) is 6.95. The van der Waals surface area contributed by atoms with Crippen LogP contribution in [-0.2, 0) is 16.0 Å². The van der Waals surface area contributed by atoms with E-state index in [4.69, 9.17) is 26.8 Å². The van der Waals surface area contributed by atoms with Gasteiger partial charge in [0.1, 0.15) is 10.9 Å². The number of carboxylic acids is 1. The minimum atomic E-state index is -4.72. The van der Waals surface area contributed by atoms with Crippen molar-refractivity contribution in [2.75, 3.05) is 13.2 Å². The average Bonchev–Trinajstić information content (AvgIpc) is 3.15. The highest BCUT2D eigenvalue weighted by atomic mass is 32.2. The van der Waals surface area contributed by atoms with Crippen molar-refractivity contribution in [2.24, 2.45) is 0 Å². The summed E-state index contributed by atoms with van der Waals surface area (Å²) in [7, 11) is 0. The number of nitrogens with zero attached hydrogens (tertiary/aromatic N) is 1. The van der Waals surface area contributed by atoms with Gasteiger partial charge in [-0.3, -0.25) is 14.5 Å². The van der Waals surface area contributed by atoms with Crippen molar-refractivity contribution < 1.29 is 37.3 Å². The number of ether oxygens (including phenoxy) is 2. The molecular formula is C28H22F3NO5S2.